The fourth-order valence-electron chi connectivity index (χ4n) is 3.26. The van der Waals surface area contributed by atoms with Gasteiger partial charge in [-0.1, -0.05) is 29.3 Å². The van der Waals surface area contributed by atoms with Crippen LogP contribution in [0.3, 0.4) is 0 Å². The van der Waals surface area contributed by atoms with Crippen molar-refractivity contribution < 1.29 is 0 Å². The number of nitrogens with zero attached hydrogens (tertiary/aromatic N) is 4. The quantitative estimate of drug-likeness (QED) is 0.697. The molecular weight excluding hydrogens is 371 g/mol. The molecule has 0 amide bonds. The summed E-state index contributed by atoms with van der Waals surface area (Å²) in [6.45, 7) is 1.63. The number of benzene rings is 1. The number of aromatic nitrogens is 3. The summed E-state index contributed by atoms with van der Waals surface area (Å²) in [6.07, 6.45) is 3.47. The van der Waals surface area contributed by atoms with E-state index in [4.69, 9.17) is 39.7 Å². The maximum atomic E-state index is 6.47. The number of hydrogen-bond donors (Lipinski definition) is 2. The van der Waals surface area contributed by atoms with E-state index in [2.05, 4.69) is 14.9 Å². The van der Waals surface area contributed by atoms with Crippen LogP contribution < -0.4 is 16.4 Å². The molecule has 0 aliphatic carbocycles. The summed E-state index contributed by atoms with van der Waals surface area (Å²) in [5, 5.41) is 1.93. The van der Waals surface area contributed by atoms with E-state index in [0.29, 0.717) is 15.7 Å². The zero-order valence-electron chi connectivity index (χ0n) is 14.0. The molecule has 2 aromatic heterocycles. The van der Waals surface area contributed by atoms with Crippen LogP contribution in [0, 0.1) is 0 Å². The molecule has 3 aromatic rings. The molecule has 1 saturated heterocycles. The van der Waals surface area contributed by atoms with Crippen molar-refractivity contribution in [3.8, 4) is 11.1 Å². The van der Waals surface area contributed by atoms with Gasteiger partial charge in [0.2, 0.25) is 5.95 Å². The molecule has 6 nitrogen and oxygen atoms in total. The number of nitrogen functional groups attached to an aromatic ring is 1. The van der Waals surface area contributed by atoms with Gasteiger partial charge in [-0.2, -0.15) is 4.98 Å². The van der Waals surface area contributed by atoms with Crippen LogP contribution in [-0.4, -0.2) is 34.1 Å². The van der Waals surface area contributed by atoms with Crippen molar-refractivity contribution in [2.75, 3.05) is 23.7 Å². The molecule has 0 saturated carbocycles. The maximum absolute atomic E-state index is 6.47. The molecular formula is C18H18Cl2N6. The van der Waals surface area contributed by atoms with Crippen LogP contribution >= 0.6 is 23.2 Å². The molecule has 1 aliphatic rings. The highest BCUT2D eigenvalue weighted by molar-refractivity contribution is 6.39. The van der Waals surface area contributed by atoms with E-state index in [-0.39, 0.29) is 12.0 Å². The third-order valence-electron chi connectivity index (χ3n) is 4.64. The van der Waals surface area contributed by atoms with Crippen LogP contribution in [0.5, 0.6) is 0 Å². The Kier molecular flexibility index (Phi) is 4.56. The maximum Gasteiger partial charge on any atom is 0.222 e. The van der Waals surface area contributed by atoms with E-state index in [1.54, 1.807) is 6.20 Å². The number of rotatable bonds is 2. The van der Waals surface area contributed by atoms with Crippen LogP contribution in [0.4, 0.5) is 11.8 Å². The smallest absolute Gasteiger partial charge is 0.222 e. The summed E-state index contributed by atoms with van der Waals surface area (Å²) in [5.41, 5.74) is 14.0. The highest BCUT2D eigenvalue weighted by atomic mass is 35.5. The van der Waals surface area contributed by atoms with Gasteiger partial charge in [0, 0.05) is 41.8 Å². The van der Waals surface area contributed by atoms with Crippen LogP contribution in [0.15, 0.2) is 30.5 Å². The van der Waals surface area contributed by atoms with Gasteiger partial charge in [0.1, 0.15) is 5.82 Å². The lowest BCUT2D eigenvalue weighted by molar-refractivity contribution is 0.499. The molecule has 134 valence electrons. The fourth-order valence-corrected chi connectivity index (χ4v) is 3.86. The second kappa shape index (κ2) is 6.87. The molecule has 3 heterocycles. The van der Waals surface area contributed by atoms with Gasteiger partial charge in [0.15, 0.2) is 5.65 Å². The molecule has 0 radical (unpaired) electrons. The van der Waals surface area contributed by atoms with Crippen LogP contribution in [-0.2, 0) is 0 Å². The van der Waals surface area contributed by atoms with E-state index in [1.165, 1.54) is 0 Å². The summed E-state index contributed by atoms with van der Waals surface area (Å²) >= 11 is 12.9. The second-order valence-corrected chi connectivity index (χ2v) is 7.24. The minimum absolute atomic E-state index is 0.195. The monoisotopic (exact) mass is 388 g/mol. The van der Waals surface area contributed by atoms with Gasteiger partial charge in [-0.3, -0.25) is 0 Å². The lowest BCUT2D eigenvalue weighted by atomic mass is 10.0. The predicted octanol–water partition coefficient (Wildman–Crippen LogP) is 3.51. The third-order valence-corrected chi connectivity index (χ3v) is 5.27. The predicted molar refractivity (Wildman–Crippen MR) is 107 cm³/mol. The number of pyridine rings is 1. The highest BCUT2D eigenvalue weighted by Gasteiger charge is 2.23. The molecule has 1 aliphatic heterocycles. The Hall–Kier alpha value is -2.15. The topological polar surface area (TPSA) is 94.0 Å². The van der Waals surface area contributed by atoms with Crippen molar-refractivity contribution >= 4 is 46.0 Å². The third kappa shape index (κ3) is 3.16. The van der Waals surface area contributed by atoms with Crippen molar-refractivity contribution in [3.05, 3.63) is 40.5 Å². The Bertz CT molecular complexity index is 949. The normalized spacial score (nSPS) is 15.6. The van der Waals surface area contributed by atoms with Crippen molar-refractivity contribution in [2.45, 2.75) is 18.9 Å². The molecule has 4 rings (SSSR count). The molecule has 0 spiro atoms. The summed E-state index contributed by atoms with van der Waals surface area (Å²) in [5.74, 6) is 0.984. The molecule has 0 atom stereocenters. The van der Waals surface area contributed by atoms with E-state index in [0.717, 1.165) is 48.3 Å². The minimum atomic E-state index is 0.195. The van der Waals surface area contributed by atoms with Gasteiger partial charge in [0.05, 0.1) is 10.0 Å². The second-order valence-electron chi connectivity index (χ2n) is 6.42. The Morgan fingerprint density at radius 3 is 2.46 bits per heavy atom. The van der Waals surface area contributed by atoms with Gasteiger partial charge in [-0.25, -0.2) is 9.97 Å². The van der Waals surface area contributed by atoms with Crippen LogP contribution in [0.25, 0.3) is 22.2 Å². The first-order valence-electron chi connectivity index (χ1n) is 8.41. The van der Waals surface area contributed by atoms with Gasteiger partial charge in [0.25, 0.3) is 0 Å². The average molecular weight is 389 g/mol. The molecule has 4 N–H and O–H groups in total. The largest absolute Gasteiger partial charge is 0.368 e. The van der Waals surface area contributed by atoms with Crippen LogP contribution in [0.2, 0.25) is 10.0 Å². The number of piperidine rings is 1. The molecule has 0 unspecified atom stereocenters. The number of hydrogen-bond acceptors (Lipinski definition) is 6. The number of nitrogens with two attached hydrogens (primary N) is 2. The van der Waals surface area contributed by atoms with Crippen molar-refractivity contribution in [2.24, 2.45) is 5.73 Å². The summed E-state index contributed by atoms with van der Waals surface area (Å²) in [6, 6.07) is 7.66. The van der Waals surface area contributed by atoms with E-state index < -0.39 is 0 Å². The lowest BCUT2D eigenvalue weighted by Crippen LogP contribution is -2.40. The standard InChI is InChI=1S/C18H18Cl2N6/c19-13-2-1-3-14(20)15(13)12-8-10-9-23-18(22)25-16(10)24-17(12)26-6-4-11(21)5-7-26/h1-3,8-9,11H,4-7,21H2,(H2,22,23,24,25). The van der Waals surface area contributed by atoms with E-state index >= 15 is 0 Å². The molecule has 8 heteroatoms. The minimum Gasteiger partial charge on any atom is -0.368 e. The lowest BCUT2D eigenvalue weighted by Gasteiger charge is -2.32. The Morgan fingerprint density at radius 1 is 1.08 bits per heavy atom. The van der Waals surface area contributed by atoms with E-state index in [1.807, 2.05) is 24.3 Å². The number of fused-ring (bicyclic) bond motifs is 1. The first-order valence-corrected chi connectivity index (χ1v) is 9.16. The molecule has 0 bridgehead atoms. The van der Waals surface area contributed by atoms with Crippen molar-refractivity contribution in [1.82, 2.24) is 15.0 Å². The average Bonchev–Trinajstić information content (AvgIpc) is 2.62. The zero-order chi connectivity index (χ0) is 18.3. The summed E-state index contributed by atoms with van der Waals surface area (Å²) in [7, 11) is 0. The van der Waals surface area contributed by atoms with Gasteiger partial charge >= 0.3 is 0 Å². The molecule has 26 heavy (non-hydrogen) atoms. The van der Waals surface area contributed by atoms with Gasteiger partial charge < -0.3 is 16.4 Å². The first-order chi connectivity index (χ1) is 12.5. The van der Waals surface area contributed by atoms with Crippen molar-refractivity contribution in [3.63, 3.8) is 0 Å². The number of anilines is 2. The van der Waals surface area contributed by atoms with Gasteiger partial charge in [-0.05, 0) is 31.0 Å². The van der Waals surface area contributed by atoms with E-state index in [9.17, 15) is 0 Å². The first kappa shape index (κ1) is 17.3. The SMILES string of the molecule is Nc1ncc2cc(-c3c(Cl)cccc3Cl)c(N3CCC(N)CC3)nc2n1. The number of halogens is 2. The van der Waals surface area contributed by atoms with Crippen LogP contribution in [0.1, 0.15) is 12.8 Å². The van der Waals surface area contributed by atoms with Crippen molar-refractivity contribution in [1.29, 1.82) is 0 Å². The molecule has 1 fully saturated rings. The van der Waals surface area contributed by atoms with Gasteiger partial charge in [-0.15, -0.1) is 0 Å². The fraction of sp³-hybridized carbons (Fsp3) is 0.278. The summed E-state index contributed by atoms with van der Waals surface area (Å²) in [4.78, 5) is 15.3. The summed E-state index contributed by atoms with van der Waals surface area (Å²) < 4.78 is 0. The zero-order valence-corrected chi connectivity index (χ0v) is 15.5. The Balaban J connectivity index is 1.94. The Labute approximate surface area is 161 Å². The molecule has 1 aromatic carbocycles. The Morgan fingerprint density at radius 2 is 1.77 bits per heavy atom. The highest BCUT2D eigenvalue weighted by Crippen LogP contribution is 2.40.